The van der Waals surface area contributed by atoms with Gasteiger partial charge in [-0.1, -0.05) is 0 Å². The van der Waals surface area contributed by atoms with Crippen LogP contribution in [0.1, 0.15) is 12.8 Å². The number of carbonyl (C=O) groups excluding carboxylic acids is 1. The van der Waals surface area contributed by atoms with Crippen molar-refractivity contribution in [3.8, 4) is 0 Å². The molecule has 2 aliphatic rings. The average molecular weight is 214 g/mol. The molecule has 0 bridgehead atoms. The van der Waals surface area contributed by atoms with Crippen molar-refractivity contribution in [3.63, 3.8) is 0 Å². The number of amides is 1. The molecule has 2 heterocycles. The first-order valence-corrected chi connectivity index (χ1v) is 5.44. The molecule has 0 aromatic heterocycles. The maximum Gasteiger partial charge on any atom is 0.239 e. The Morgan fingerprint density at radius 3 is 2.93 bits per heavy atom. The monoisotopic (exact) mass is 214 g/mol. The molecule has 3 atom stereocenters. The molecule has 2 rings (SSSR count). The molecule has 0 radical (unpaired) electrons. The van der Waals surface area contributed by atoms with E-state index in [2.05, 4.69) is 5.32 Å². The molecular formula is C10H18N2O3. The number of carbonyl (C=O) groups is 1. The lowest BCUT2D eigenvalue weighted by molar-refractivity contribution is -0.134. The van der Waals surface area contributed by atoms with Crippen molar-refractivity contribution in [3.05, 3.63) is 0 Å². The van der Waals surface area contributed by atoms with Crippen LogP contribution in [0.2, 0.25) is 0 Å². The minimum absolute atomic E-state index is 0.0713. The van der Waals surface area contributed by atoms with Crippen LogP contribution in [0.25, 0.3) is 0 Å². The highest BCUT2D eigenvalue weighted by Gasteiger charge is 2.33. The fourth-order valence-corrected chi connectivity index (χ4v) is 2.16. The summed E-state index contributed by atoms with van der Waals surface area (Å²) in [5.74, 6) is 0.0713. The Balaban J connectivity index is 1.89. The first kappa shape index (κ1) is 10.9. The van der Waals surface area contributed by atoms with Gasteiger partial charge in [0.05, 0.1) is 24.8 Å². The Kier molecular flexibility index (Phi) is 3.23. The van der Waals surface area contributed by atoms with Crippen LogP contribution in [0.3, 0.4) is 0 Å². The molecule has 86 valence electrons. The van der Waals surface area contributed by atoms with Gasteiger partial charge in [0, 0.05) is 20.2 Å². The Morgan fingerprint density at radius 2 is 2.40 bits per heavy atom. The number of likely N-dealkylation sites (N-methyl/N-ethyl adjacent to an activating group) is 1. The van der Waals surface area contributed by atoms with Gasteiger partial charge in [-0.15, -0.1) is 0 Å². The van der Waals surface area contributed by atoms with Crippen LogP contribution in [0.4, 0.5) is 0 Å². The molecular weight excluding hydrogens is 196 g/mol. The number of nitrogens with zero attached hydrogens (tertiary/aromatic N) is 1. The quantitative estimate of drug-likeness (QED) is 0.616. The Labute approximate surface area is 89.4 Å². The summed E-state index contributed by atoms with van der Waals surface area (Å²) in [6.45, 7) is 1.89. The number of nitrogens with one attached hydrogen (secondary N) is 1. The molecule has 0 aromatic rings. The van der Waals surface area contributed by atoms with Crippen LogP contribution < -0.4 is 5.32 Å². The third kappa shape index (κ3) is 2.30. The van der Waals surface area contributed by atoms with Gasteiger partial charge in [0.15, 0.2) is 0 Å². The van der Waals surface area contributed by atoms with Gasteiger partial charge < -0.3 is 20.1 Å². The largest absolute Gasteiger partial charge is 0.392 e. The van der Waals surface area contributed by atoms with Crippen LogP contribution in [-0.2, 0) is 9.53 Å². The second kappa shape index (κ2) is 4.47. The molecule has 5 heteroatoms. The molecule has 2 N–H and O–H groups in total. The first-order chi connectivity index (χ1) is 7.18. The topological polar surface area (TPSA) is 61.8 Å². The fourth-order valence-electron chi connectivity index (χ4n) is 2.16. The van der Waals surface area contributed by atoms with Gasteiger partial charge in [0.2, 0.25) is 5.91 Å². The van der Waals surface area contributed by atoms with Gasteiger partial charge >= 0.3 is 0 Å². The number of β-amino-alcohol motifs (C(OH)–C–C–N with tert-alkyl or cyclic N) is 1. The van der Waals surface area contributed by atoms with Crippen molar-refractivity contribution in [2.75, 3.05) is 26.8 Å². The lowest BCUT2D eigenvalue weighted by atomic mass is 10.1. The van der Waals surface area contributed by atoms with Crippen LogP contribution >= 0.6 is 0 Å². The number of aliphatic hydroxyl groups is 1. The maximum atomic E-state index is 12.0. The van der Waals surface area contributed by atoms with Gasteiger partial charge in [-0.3, -0.25) is 4.79 Å². The van der Waals surface area contributed by atoms with Crippen molar-refractivity contribution in [2.45, 2.75) is 31.0 Å². The zero-order valence-electron chi connectivity index (χ0n) is 8.98. The highest BCUT2D eigenvalue weighted by atomic mass is 16.5. The maximum absolute atomic E-state index is 12.0. The van der Waals surface area contributed by atoms with Crippen LogP contribution in [0.15, 0.2) is 0 Å². The molecule has 5 nitrogen and oxygen atoms in total. The van der Waals surface area contributed by atoms with Crippen LogP contribution in [-0.4, -0.2) is 60.9 Å². The number of ether oxygens (including phenoxy) is 1. The first-order valence-electron chi connectivity index (χ1n) is 5.44. The third-order valence-corrected chi connectivity index (χ3v) is 3.21. The minimum Gasteiger partial charge on any atom is -0.392 e. The summed E-state index contributed by atoms with van der Waals surface area (Å²) in [5.41, 5.74) is 0. The smallest absolute Gasteiger partial charge is 0.239 e. The van der Waals surface area contributed by atoms with E-state index < -0.39 is 0 Å². The second-order valence-corrected chi connectivity index (χ2v) is 4.32. The van der Waals surface area contributed by atoms with Gasteiger partial charge in [-0.05, 0) is 12.8 Å². The molecule has 3 unspecified atom stereocenters. The van der Waals surface area contributed by atoms with Crippen LogP contribution in [0.5, 0.6) is 0 Å². The molecule has 0 saturated carbocycles. The van der Waals surface area contributed by atoms with Gasteiger partial charge in [0.25, 0.3) is 0 Å². The van der Waals surface area contributed by atoms with E-state index in [1.54, 1.807) is 4.90 Å². The fraction of sp³-hybridized carbons (Fsp3) is 0.900. The number of rotatable bonds is 2. The number of hydrogen-bond acceptors (Lipinski definition) is 4. The standard InChI is InChI=1S/C10H18N2O3/c1-12(7-2-3-15-6-7)10(14)9-4-8(13)5-11-9/h7-9,11,13H,2-6H2,1H3. The highest BCUT2D eigenvalue weighted by molar-refractivity contribution is 5.82. The van der Waals surface area contributed by atoms with Gasteiger partial charge in [0.1, 0.15) is 0 Å². The number of hydrogen-bond donors (Lipinski definition) is 2. The molecule has 0 spiro atoms. The van der Waals surface area contributed by atoms with Crippen LogP contribution in [0, 0.1) is 0 Å². The van der Waals surface area contributed by atoms with Gasteiger partial charge in [-0.2, -0.15) is 0 Å². The van der Waals surface area contributed by atoms with E-state index in [1.807, 2.05) is 7.05 Å². The summed E-state index contributed by atoms with van der Waals surface area (Å²) in [4.78, 5) is 13.7. The molecule has 2 saturated heterocycles. The summed E-state index contributed by atoms with van der Waals surface area (Å²) in [6, 6.07) is -0.0114. The van der Waals surface area contributed by atoms with Crippen molar-refractivity contribution >= 4 is 5.91 Å². The van der Waals surface area contributed by atoms with E-state index in [1.165, 1.54) is 0 Å². The third-order valence-electron chi connectivity index (χ3n) is 3.21. The van der Waals surface area contributed by atoms with Gasteiger partial charge in [-0.25, -0.2) is 0 Å². The van der Waals surface area contributed by atoms with Crippen molar-refractivity contribution < 1.29 is 14.6 Å². The van der Waals surface area contributed by atoms with Crippen molar-refractivity contribution in [1.82, 2.24) is 10.2 Å². The molecule has 0 aromatic carbocycles. The van der Waals surface area contributed by atoms with E-state index in [0.29, 0.717) is 19.6 Å². The number of aliphatic hydroxyl groups excluding tert-OH is 1. The molecule has 1 amide bonds. The predicted molar refractivity (Wildman–Crippen MR) is 54.4 cm³/mol. The Hall–Kier alpha value is -0.650. The van der Waals surface area contributed by atoms with E-state index in [4.69, 9.17) is 4.74 Å². The SMILES string of the molecule is CN(C(=O)C1CC(O)CN1)C1CCOC1. The van der Waals surface area contributed by atoms with Crippen molar-refractivity contribution in [1.29, 1.82) is 0 Å². The molecule has 0 aliphatic carbocycles. The summed E-state index contributed by atoms with van der Waals surface area (Å²) < 4.78 is 5.25. The Morgan fingerprint density at radius 1 is 1.60 bits per heavy atom. The zero-order chi connectivity index (χ0) is 10.8. The highest BCUT2D eigenvalue weighted by Crippen LogP contribution is 2.15. The summed E-state index contributed by atoms with van der Waals surface area (Å²) in [7, 11) is 1.81. The van der Waals surface area contributed by atoms with E-state index in [-0.39, 0.29) is 24.1 Å². The zero-order valence-corrected chi connectivity index (χ0v) is 8.98. The van der Waals surface area contributed by atoms with Crippen molar-refractivity contribution in [2.24, 2.45) is 0 Å². The van der Waals surface area contributed by atoms with E-state index in [0.717, 1.165) is 13.0 Å². The minimum atomic E-state index is -0.382. The second-order valence-electron chi connectivity index (χ2n) is 4.32. The Bertz CT molecular complexity index is 241. The summed E-state index contributed by atoms with van der Waals surface area (Å²) in [6.07, 6.45) is 1.06. The normalized spacial score (nSPS) is 35.7. The van der Waals surface area contributed by atoms with E-state index in [9.17, 15) is 9.90 Å². The predicted octanol–water partition coefficient (Wildman–Crippen LogP) is -1.04. The summed E-state index contributed by atoms with van der Waals surface area (Å²) >= 11 is 0. The van der Waals surface area contributed by atoms with E-state index >= 15 is 0 Å². The molecule has 15 heavy (non-hydrogen) atoms. The lowest BCUT2D eigenvalue weighted by Gasteiger charge is -2.26. The summed E-state index contributed by atoms with van der Waals surface area (Å²) in [5, 5.41) is 12.4. The molecule has 2 fully saturated rings. The average Bonchev–Trinajstić information content (AvgIpc) is 2.85. The molecule has 2 aliphatic heterocycles. The lowest BCUT2D eigenvalue weighted by Crippen LogP contribution is -2.46.